The van der Waals surface area contributed by atoms with Crippen molar-refractivity contribution in [1.82, 2.24) is 20.5 Å². The highest BCUT2D eigenvalue weighted by Crippen LogP contribution is 2.20. The molecule has 8 heteroatoms. The van der Waals surface area contributed by atoms with Crippen molar-refractivity contribution in [2.45, 2.75) is 84.0 Å². The molecule has 0 aliphatic rings. The van der Waals surface area contributed by atoms with Crippen molar-refractivity contribution in [2.75, 3.05) is 7.05 Å². The predicted molar refractivity (Wildman–Crippen MR) is 164 cm³/mol. The molecule has 0 saturated heterocycles. The topological polar surface area (TPSA) is 100 Å². The molecule has 0 bridgehead atoms. The maximum atomic E-state index is 13.5. The van der Waals surface area contributed by atoms with Crippen molar-refractivity contribution in [3.63, 3.8) is 0 Å². The van der Waals surface area contributed by atoms with Gasteiger partial charge in [0.2, 0.25) is 5.91 Å². The molecule has 1 aromatic heterocycles. The Bertz CT molecular complexity index is 1180. The summed E-state index contributed by atoms with van der Waals surface area (Å²) in [6.07, 6.45) is 3.02. The Morgan fingerprint density at radius 2 is 1.50 bits per heavy atom. The van der Waals surface area contributed by atoms with Crippen molar-refractivity contribution in [3.8, 4) is 0 Å². The van der Waals surface area contributed by atoms with Crippen molar-refractivity contribution in [3.05, 3.63) is 87.9 Å². The number of carbonyl (C=O) groups is 2. The number of urea groups is 1. The molecule has 3 aromatic rings. The molecule has 0 saturated carbocycles. The molecule has 0 unspecified atom stereocenters. The largest absolute Gasteiger partial charge is 0.351 e. The lowest BCUT2D eigenvalue weighted by Crippen LogP contribution is -2.54. The van der Waals surface area contributed by atoms with E-state index in [1.807, 2.05) is 55.6 Å². The van der Waals surface area contributed by atoms with Gasteiger partial charge in [-0.2, -0.15) is 0 Å². The lowest BCUT2D eigenvalue weighted by molar-refractivity contribution is -0.124. The molecule has 2 aromatic carbocycles. The molecule has 0 aliphatic carbocycles. The van der Waals surface area contributed by atoms with Crippen LogP contribution in [-0.2, 0) is 24.2 Å². The van der Waals surface area contributed by atoms with Crippen LogP contribution in [0.15, 0.2) is 66.0 Å². The van der Waals surface area contributed by atoms with E-state index in [9.17, 15) is 9.59 Å². The van der Waals surface area contributed by atoms with Gasteiger partial charge in [0, 0.05) is 30.4 Å². The molecule has 4 N–H and O–H groups in total. The fraction of sp³-hybridized carbons (Fsp3) is 0.469. The van der Waals surface area contributed by atoms with Gasteiger partial charge >= 0.3 is 6.03 Å². The van der Waals surface area contributed by atoms with Gasteiger partial charge in [0.05, 0.1) is 17.2 Å². The van der Waals surface area contributed by atoms with E-state index in [-0.39, 0.29) is 29.9 Å². The minimum Gasteiger partial charge on any atom is -0.351 e. The Hall–Kier alpha value is -3.23. The van der Waals surface area contributed by atoms with E-state index < -0.39 is 6.04 Å². The second-order valence-corrected chi connectivity index (χ2v) is 12.2. The van der Waals surface area contributed by atoms with E-state index in [2.05, 4.69) is 53.7 Å². The van der Waals surface area contributed by atoms with Gasteiger partial charge in [-0.05, 0) is 42.7 Å². The van der Waals surface area contributed by atoms with Gasteiger partial charge in [-0.25, -0.2) is 9.78 Å². The summed E-state index contributed by atoms with van der Waals surface area (Å²) in [6.45, 7) is 8.49. The number of carbonyl (C=O) groups excluding carboxylic acids is 2. The second-order valence-electron chi connectivity index (χ2n) is 11.3. The number of aromatic nitrogens is 1. The number of nitrogens with two attached hydrogens (primary N) is 1. The Morgan fingerprint density at radius 1 is 0.900 bits per heavy atom. The van der Waals surface area contributed by atoms with Crippen molar-refractivity contribution in [2.24, 2.45) is 11.7 Å². The van der Waals surface area contributed by atoms with E-state index in [1.165, 1.54) is 5.56 Å². The second kappa shape index (κ2) is 15.5. The van der Waals surface area contributed by atoms with Gasteiger partial charge in [0.25, 0.3) is 0 Å². The maximum Gasteiger partial charge on any atom is 0.318 e. The minimum atomic E-state index is -0.659. The standard InChI is InChI=1S/C32H45N5O2S/c1-22(2)29(36-32(39)37(5)20-28-21-40-31(35-28)23(3)4)30(38)34-27(19-25-14-10-7-11-15-25)17-16-26(33)18-24-12-8-6-9-13-24/h6-15,21-23,26-27,29H,16-20,33H2,1-5H3,(H,34,38)(H,36,39)/t26-,27-,29+/m1/s1. The van der Waals surface area contributed by atoms with Gasteiger partial charge in [0.15, 0.2) is 0 Å². The summed E-state index contributed by atoms with van der Waals surface area (Å²) in [5.74, 6) is 0.0931. The van der Waals surface area contributed by atoms with E-state index in [0.717, 1.165) is 35.5 Å². The average molecular weight is 564 g/mol. The molecule has 40 heavy (non-hydrogen) atoms. The maximum absolute atomic E-state index is 13.5. The predicted octanol–water partition coefficient (Wildman–Crippen LogP) is 5.51. The van der Waals surface area contributed by atoms with Gasteiger partial charge < -0.3 is 21.3 Å². The summed E-state index contributed by atoms with van der Waals surface area (Å²) in [4.78, 5) is 32.8. The number of nitrogens with zero attached hydrogens (tertiary/aromatic N) is 2. The van der Waals surface area contributed by atoms with Crippen LogP contribution in [-0.4, -0.2) is 47.0 Å². The molecule has 1 heterocycles. The zero-order valence-corrected chi connectivity index (χ0v) is 25.3. The van der Waals surface area contributed by atoms with E-state index in [4.69, 9.17) is 5.73 Å². The monoisotopic (exact) mass is 563 g/mol. The van der Waals surface area contributed by atoms with Crippen LogP contribution in [0.2, 0.25) is 0 Å². The van der Waals surface area contributed by atoms with Crippen molar-refractivity contribution in [1.29, 1.82) is 0 Å². The third kappa shape index (κ3) is 10.1. The highest BCUT2D eigenvalue weighted by Gasteiger charge is 2.28. The lowest BCUT2D eigenvalue weighted by atomic mass is 9.95. The number of hydrogen-bond acceptors (Lipinski definition) is 5. The molecule has 0 radical (unpaired) electrons. The molecule has 3 amide bonds. The molecule has 3 atom stereocenters. The highest BCUT2D eigenvalue weighted by atomic mass is 32.1. The summed E-state index contributed by atoms with van der Waals surface area (Å²) >= 11 is 1.61. The number of hydrogen-bond donors (Lipinski definition) is 3. The van der Waals surface area contributed by atoms with Crippen LogP contribution in [0.1, 0.15) is 68.3 Å². The SMILES string of the molecule is CC(C)c1nc(CN(C)C(=O)N[C@H](C(=O)N[C@H](CC[C@@H](N)Cc2ccccc2)Cc2ccccc2)C(C)C)cs1. The Labute approximate surface area is 243 Å². The van der Waals surface area contributed by atoms with Crippen LogP contribution < -0.4 is 16.4 Å². The molecule has 3 rings (SSSR count). The summed E-state index contributed by atoms with van der Waals surface area (Å²) < 4.78 is 0. The van der Waals surface area contributed by atoms with Gasteiger partial charge in [-0.15, -0.1) is 11.3 Å². The number of benzene rings is 2. The lowest BCUT2D eigenvalue weighted by Gasteiger charge is -2.28. The van der Waals surface area contributed by atoms with Gasteiger partial charge in [0.1, 0.15) is 6.04 Å². The number of rotatable bonds is 14. The molecule has 7 nitrogen and oxygen atoms in total. The Kier molecular flexibility index (Phi) is 12.2. The average Bonchev–Trinajstić information content (AvgIpc) is 3.40. The van der Waals surface area contributed by atoms with Crippen molar-refractivity contribution < 1.29 is 9.59 Å². The molecule has 216 valence electrons. The van der Waals surface area contributed by atoms with Crippen LogP contribution in [0.4, 0.5) is 4.79 Å². The van der Waals surface area contributed by atoms with E-state index in [0.29, 0.717) is 18.9 Å². The fourth-order valence-electron chi connectivity index (χ4n) is 4.60. The fourth-order valence-corrected chi connectivity index (χ4v) is 5.43. The highest BCUT2D eigenvalue weighted by molar-refractivity contribution is 7.09. The normalized spacial score (nSPS) is 13.6. The van der Waals surface area contributed by atoms with Crippen molar-refractivity contribution >= 4 is 23.3 Å². The van der Waals surface area contributed by atoms with Crippen LogP contribution in [0, 0.1) is 5.92 Å². The smallest absolute Gasteiger partial charge is 0.318 e. The number of amides is 3. The third-order valence-electron chi connectivity index (χ3n) is 6.94. The first-order valence-electron chi connectivity index (χ1n) is 14.2. The zero-order chi connectivity index (χ0) is 29.1. The first-order valence-corrected chi connectivity index (χ1v) is 15.1. The number of nitrogens with one attached hydrogen (secondary N) is 2. The van der Waals surface area contributed by atoms with E-state index >= 15 is 0 Å². The summed E-state index contributed by atoms with van der Waals surface area (Å²) in [5.41, 5.74) is 9.70. The van der Waals surface area contributed by atoms with Crippen LogP contribution in [0.5, 0.6) is 0 Å². The molecular formula is C32H45N5O2S. The Balaban J connectivity index is 1.62. The van der Waals surface area contributed by atoms with Gasteiger partial charge in [-0.1, -0.05) is 88.4 Å². The first-order chi connectivity index (χ1) is 19.1. The molecular weight excluding hydrogens is 518 g/mol. The van der Waals surface area contributed by atoms with Gasteiger partial charge in [-0.3, -0.25) is 4.79 Å². The molecule has 0 spiro atoms. The molecule has 0 aliphatic heterocycles. The van der Waals surface area contributed by atoms with Crippen LogP contribution in [0.3, 0.4) is 0 Å². The number of thiazole rings is 1. The quantitative estimate of drug-likeness (QED) is 0.241. The summed E-state index contributed by atoms with van der Waals surface area (Å²) in [5, 5.41) is 9.24. The third-order valence-corrected chi connectivity index (χ3v) is 8.13. The molecule has 0 fully saturated rings. The van der Waals surface area contributed by atoms with Crippen LogP contribution >= 0.6 is 11.3 Å². The van der Waals surface area contributed by atoms with E-state index in [1.54, 1.807) is 23.3 Å². The Morgan fingerprint density at radius 3 is 2.05 bits per heavy atom. The summed E-state index contributed by atoms with van der Waals surface area (Å²) in [6, 6.07) is 19.3. The first kappa shape index (κ1) is 31.3. The summed E-state index contributed by atoms with van der Waals surface area (Å²) in [7, 11) is 1.73. The zero-order valence-electron chi connectivity index (χ0n) is 24.5. The van der Waals surface area contributed by atoms with Crippen LogP contribution in [0.25, 0.3) is 0 Å². The minimum absolute atomic E-state index is 0.00579.